The summed E-state index contributed by atoms with van der Waals surface area (Å²) >= 11 is 0. The zero-order valence-electron chi connectivity index (χ0n) is 13.0. The van der Waals surface area contributed by atoms with Crippen LogP contribution in [0.4, 0.5) is 0 Å². The van der Waals surface area contributed by atoms with Crippen molar-refractivity contribution in [3.05, 3.63) is 29.8 Å². The van der Waals surface area contributed by atoms with Crippen LogP contribution in [0.2, 0.25) is 0 Å². The maximum Gasteiger partial charge on any atom is 0.249 e. The average molecular weight is 325 g/mol. The van der Waals surface area contributed by atoms with Gasteiger partial charge >= 0.3 is 0 Å². The molecule has 1 aromatic carbocycles. The first kappa shape index (κ1) is 17.0. The molecular formula is C16H23NO4S. The second-order valence-electron chi connectivity index (χ2n) is 5.78. The third-order valence-electron chi connectivity index (χ3n) is 3.81. The highest BCUT2D eigenvalue weighted by Crippen LogP contribution is 2.16. The summed E-state index contributed by atoms with van der Waals surface area (Å²) in [5.41, 5.74) is 0.996. The Kier molecular flexibility index (Phi) is 5.58. The first-order valence-corrected chi connectivity index (χ1v) is 9.18. The van der Waals surface area contributed by atoms with Gasteiger partial charge in [0.2, 0.25) is 5.91 Å². The molecule has 22 heavy (non-hydrogen) atoms. The summed E-state index contributed by atoms with van der Waals surface area (Å²) in [4.78, 5) is 12.1. The van der Waals surface area contributed by atoms with E-state index in [4.69, 9.17) is 4.74 Å². The minimum atomic E-state index is -3.22. The van der Waals surface area contributed by atoms with Crippen molar-refractivity contribution in [3.8, 4) is 0 Å². The van der Waals surface area contributed by atoms with Crippen LogP contribution in [0.5, 0.6) is 0 Å². The molecule has 0 aromatic heterocycles. The van der Waals surface area contributed by atoms with Gasteiger partial charge in [0, 0.05) is 13.2 Å². The Labute approximate surface area is 132 Å². The zero-order chi connectivity index (χ0) is 16.2. The normalized spacial score (nSPS) is 18.6. The van der Waals surface area contributed by atoms with Crippen molar-refractivity contribution < 1.29 is 17.9 Å². The third-order valence-corrected chi connectivity index (χ3v) is 5.98. The van der Waals surface area contributed by atoms with Gasteiger partial charge in [-0.3, -0.25) is 4.79 Å². The molecule has 1 N–H and O–H groups in total. The van der Waals surface area contributed by atoms with Crippen LogP contribution in [0, 0.1) is 0 Å². The highest BCUT2D eigenvalue weighted by Gasteiger charge is 2.23. The Balaban J connectivity index is 1.85. The molecule has 1 aliphatic heterocycles. The number of nitrogens with one attached hydrogen (secondary N) is 1. The van der Waals surface area contributed by atoms with E-state index in [1.807, 2.05) is 0 Å². The molecule has 1 saturated heterocycles. The number of rotatable bonds is 6. The Morgan fingerprint density at radius 3 is 2.55 bits per heavy atom. The van der Waals surface area contributed by atoms with Crippen molar-refractivity contribution in [2.75, 3.05) is 13.2 Å². The summed E-state index contributed by atoms with van der Waals surface area (Å²) in [6.45, 7) is 4.52. The highest BCUT2D eigenvalue weighted by atomic mass is 32.2. The van der Waals surface area contributed by atoms with Crippen LogP contribution in [0.15, 0.2) is 29.2 Å². The van der Waals surface area contributed by atoms with Crippen molar-refractivity contribution >= 4 is 15.7 Å². The van der Waals surface area contributed by atoms with Crippen molar-refractivity contribution in [1.29, 1.82) is 0 Å². The monoisotopic (exact) mass is 325 g/mol. The fourth-order valence-corrected chi connectivity index (χ4v) is 3.41. The van der Waals surface area contributed by atoms with E-state index in [9.17, 15) is 13.2 Å². The molecule has 0 saturated carbocycles. The lowest BCUT2D eigenvalue weighted by Gasteiger charge is -2.11. The lowest BCUT2D eigenvalue weighted by molar-refractivity contribution is -0.129. The Bertz CT molecular complexity index is 602. The second kappa shape index (κ2) is 7.24. The van der Waals surface area contributed by atoms with Crippen molar-refractivity contribution in [1.82, 2.24) is 5.32 Å². The van der Waals surface area contributed by atoms with Gasteiger partial charge in [-0.15, -0.1) is 0 Å². The molecule has 0 aliphatic carbocycles. The number of amides is 1. The van der Waals surface area contributed by atoms with Crippen LogP contribution in [-0.2, 0) is 25.8 Å². The van der Waals surface area contributed by atoms with Gasteiger partial charge in [-0.25, -0.2) is 8.42 Å². The zero-order valence-corrected chi connectivity index (χ0v) is 13.9. The second-order valence-corrected chi connectivity index (χ2v) is 8.28. The highest BCUT2D eigenvalue weighted by molar-refractivity contribution is 7.92. The Morgan fingerprint density at radius 2 is 2.00 bits per heavy atom. The van der Waals surface area contributed by atoms with E-state index < -0.39 is 15.1 Å². The molecule has 6 heteroatoms. The van der Waals surface area contributed by atoms with E-state index in [0.717, 1.165) is 18.4 Å². The smallest absolute Gasteiger partial charge is 0.249 e. The van der Waals surface area contributed by atoms with Gasteiger partial charge in [-0.05, 0) is 50.8 Å². The first-order chi connectivity index (χ1) is 10.4. The number of sulfone groups is 1. The van der Waals surface area contributed by atoms with Crippen LogP contribution in [0.3, 0.4) is 0 Å². The fraction of sp³-hybridized carbons (Fsp3) is 0.562. The van der Waals surface area contributed by atoms with E-state index in [0.29, 0.717) is 24.5 Å². The van der Waals surface area contributed by atoms with E-state index in [2.05, 4.69) is 5.32 Å². The summed E-state index contributed by atoms with van der Waals surface area (Å²) < 4.78 is 29.4. The van der Waals surface area contributed by atoms with Crippen molar-refractivity contribution in [2.24, 2.45) is 0 Å². The van der Waals surface area contributed by atoms with E-state index in [1.165, 1.54) is 0 Å². The van der Waals surface area contributed by atoms with Crippen LogP contribution in [0.25, 0.3) is 0 Å². The molecule has 5 nitrogen and oxygen atoms in total. The largest absolute Gasteiger partial charge is 0.368 e. The molecule has 1 aliphatic rings. The molecule has 0 radical (unpaired) electrons. The van der Waals surface area contributed by atoms with Crippen LogP contribution in [0.1, 0.15) is 32.3 Å². The molecule has 1 aromatic rings. The van der Waals surface area contributed by atoms with Gasteiger partial charge in [0.15, 0.2) is 9.84 Å². The maximum atomic E-state index is 12.0. The molecule has 1 fully saturated rings. The summed E-state index contributed by atoms with van der Waals surface area (Å²) in [6, 6.07) is 6.86. The lowest BCUT2D eigenvalue weighted by Crippen LogP contribution is -2.35. The Hall–Kier alpha value is -1.40. The minimum absolute atomic E-state index is 0.0588. The molecule has 0 bridgehead atoms. The summed E-state index contributed by atoms with van der Waals surface area (Å²) in [6.07, 6.45) is 2.08. The fourth-order valence-electron chi connectivity index (χ4n) is 2.35. The standard InChI is InChI=1S/C16H23NO4S/c1-12(2)22(19,20)14-7-5-13(6-8-14)9-10-17-16(18)15-4-3-11-21-15/h5-8,12,15H,3-4,9-11H2,1-2H3,(H,17,18). The third kappa shape index (κ3) is 4.08. The lowest BCUT2D eigenvalue weighted by atomic mass is 10.1. The summed E-state index contributed by atoms with van der Waals surface area (Å²) in [5, 5.41) is 2.43. The minimum Gasteiger partial charge on any atom is -0.368 e. The van der Waals surface area contributed by atoms with Gasteiger partial charge in [0.05, 0.1) is 10.1 Å². The molecule has 122 valence electrons. The SMILES string of the molecule is CC(C)S(=O)(=O)c1ccc(CCNC(=O)C2CCCO2)cc1. The molecule has 1 amide bonds. The predicted octanol–water partition coefficient (Wildman–Crippen LogP) is 1.71. The molecule has 1 unspecified atom stereocenters. The Morgan fingerprint density at radius 1 is 1.32 bits per heavy atom. The number of benzene rings is 1. The number of carbonyl (C=O) groups is 1. The number of hydrogen-bond acceptors (Lipinski definition) is 4. The topological polar surface area (TPSA) is 72.5 Å². The molecule has 2 rings (SSSR count). The molecule has 1 atom stereocenters. The van der Waals surface area contributed by atoms with Crippen LogP contribution in [-0.4, -0.2) is 38.8 Å². The summed E-state index contributed by atoms with van der Waals surface area (Å²) in [5.74, 6) is -0.0588. The van der Waals surface area contributed by atoms with Gasteiger partial charge in [-0.1, -0.05) is 12.1 Å². The van der Waals surface area contributed by atoms with Gasteiger partial charge in [0.1, 0.15) is 6.10 Å². The van der Waals surface area contributed by atoms with Gasteiger partial charge in [0.25, 0.3) is 0 Å². The van der Waals surface area contributed by atoms with Crippen molar-refractivity contribution in [3.63, 3.8) is 0 Å². The number of hydrogen-bond donors (Lipinski definition) is 1. The van der Waals surface area contributed by atoms with E-state index in [1.54, 1.807) is 38.1 Å². The molecule has 1 heterocycles. The van der Waals surface area contributed by atoms with Crippen LogP contribution >= 0.6 is 0 Å². The average Bonchev–Trinajstić information content (AvgIpc) is 3.02. The predicted molar refractivity (Wildman–Crippen MR) is 84.5 cm³/mol. The van der Waals surface area contributed by atoms with Crippen LogP contribution < -0.4 is 5.32 Å². The maximum absolute atomic E-state index is 12.0. The number of carbonyl (C=O) groups excluding carboxylic acids is 1. The van der Waals surface area contributed by atoms with Gasteiger partial charge in [-0.2, -0.15) is 0 Å². The van der Waals surface area contributed by atoms with E-state index >= 15 is 0 Å². The van der Waals surface area contributed by atoms with E-state index in [-0.39, 0.29) is 12.0 Å². The number of ether oxygens (including phenoxy) is 1. The quantitative estimate of drug-likeness (QED) is 0.864. The van der Waals surface area contributed by atoms with Crippen molar-refractivity contribution in [2.45, 2.75) is 49.4 Å². The molecule has 0 spiro atoms. The summed E-state index contributed by atoms with van der Waals surface area (Å²) in [7, 11) is -3.22. The first-order valence-electron chi connectivity index (χ1n) is 7.63. The van der Waals surface area contributed by atoms with Gasteiger partial charge < -0.3 is 10.1 Å². The molecular weight excluding hydrogens is 302 g/mol.